The van der Waals surface area contributed by atoms with E-state index in [-0.39, 0.29) is 5.60 Å². The van der Waals surface area contributed by atoms with Crippen molar-refractivity contribution in [2.75, 3.05) is 0 Å². The van der Waals surface area contributed by atoms with Crippen LogP contribution in [0.25, 0.3) is 0 Å². The fourth-order valence-electron chi connectivity index (χ4n) is 1.40. The van der Waals surface area contributed by atoms with Gasteiger partial charge in [-0.05, 0) is 31.3 Å². The van der Waals surface area contributed by atoms with Gasteiger partial charge in [-0.2, -0.15) is 0 Å². The Morgan fingerprint density at radius 1 is 1.06 bits per heavy atom. The summed E-state index contributed by atoms with van der Waals surface area (Å²) >= 11 is 0. The highest BCUT2D eigenvalue weighted by atomic mass is 31.1. The van der Waals surface area contributed by atoms with Gasteiger partial charge in [-0.15, -0.1) is 0 Å². The van der Waals surface area contributed by atoms with Gasteiger partial charge in [-0.25, -0.2) is 0 Å². The molecule has 0 heterocycles. The molecule has 0 spiro atoms. The van der Waals surface area contributed by atoms with Crippen LogP contribution in [0.15, 0.2) is 30.3 Å². The quantitative estimate of drug-likeness (QED) is 0.566. The zero-order chi connectivity index (χ0) is 13.1. The second-order valence-electron chi connectivity index (χ2n) is 6.26. The maximum Gasteiger partial charge on any atom is 0.0868 e. The molecule has 0 saturated heterocycles. The Kier molecular flexibility index (Phi) is 4.71. The van der Waals surface area contributed by atoms with E-state index in [0.717, 1.165) is 8.43 Å². The van der Waals surface area contributed by atoms with E-state index >= 15 is 0 Å². The minimum absolute atomic E-state index is 0.0821. The summed E-state index contributed by atoms with van der Waals surface area (Å²) in [6.07, 6.45) is 0. The summed E-state index contributed by atoms with van der Waals surface area (Å²) in [6.45, 7) is 13.4. The highest BCUT2D eigenvalue weighted by molar-refractivity contribution is 7.48. The normalized spacial score (nSPS) is 13.9. The predicted octanol–water partition coefficient (Wildman–Crippen LogP) is 4.76. The Hall–Kier alpha value is -0.433. The van der Waals surface area contributed by atoms with Crippen molar-refractivity contribution >= 4 is 21.4 Å². The lowest BCUT2D eigenvalue weighted by Gasteiger charge is -2.23. The molecule has 0 radical (unpaired) electrons. The summed E-state index contributed by atoms with van der Waals surface area (Å²) in [5.74, 6) is 0. The van der Waals surface area contributed by atoms with E-state index < -0.39 is 8.07 Å². The lowest BCUT2D eigenvalue weighted by atomic mass is 10.2. The molecule has 3 heteroatoms. The number of benzene rings is 1. The van der Waals surface area contributed by atoms with Crippen LogP contribution in [0.1, 0.15) is 26.3 Å². The van der Waals surface area contributed by atoms with Gasteiger partial charge in [0.25, 0.3) is 0 Å². The van der Waals surface area contributed by atoms with Crippen LogP contribution in [-0.2, 0) is 4.52 Å². The van der Waals surface area contributed by atoms with E-state index in [9.17, 15) is 0 Å². The molecule has 1 aromatic carbocycles. The van der Waals surface area contributed by atoms with Crippen LogP contribution in [0.4, 0.5) is 0 Å². The van der Waals surface area contributed by atoms with E-state index in [1.54, 1.807) is 0 Å². The van der Waals surface area contributed by atoms with E-state index in [0.29, 0.717) is 0 Å². The van der Waals surface area contributed by atoms with Gasteiger partial charge in [-0.1, -0.05) is 50.0 Å². The smallest absolute Gasteiger partial charge is 0.0868 e. The molecule has 94 valence electrons. The number of rotatable bonds is 3. The minimum atomic E-state index is -1.35. The molecule has 0 amide bonds. The Morgan fingerprint density at radius 3 is 2.00 bits per heavy atom. The molecule has 0 aliphatic rings. The van der Waals surface area contributed by atoms with Gasteiger partial charge < -0.3 is 4.52 Å². The average Bonchev–Trinajstić information content (AvgIpc) is 2.15. The standard InChI is InChI=1S/C14H23OPSi/c1-14(2,3)15-16-13(17(4,5)6)12-10-8-7-9-11-12/h7-11H,1-6H3. The molecular weight excluding hydrogens is 243 g/mol. The zero-order valence-corrected chi connectivity index (χ0v) is 13.6. The van der Waals surface area contributed by atoms with E-state index in [4.69, 9.17) is 4.52 Å². The molecular formula is C14H23OPSi. The highest BCUT2D eigenvalue weighted by Crippen LogP contribution is 2.24. The monoisotopic (exact) mass is 266 g/mol. The predicted molar refractivity (Wildman–Crippen MR) is 81.7 cm³/mol. The summed E-state index contributed by atoms with van der Waals surface area (Å²) in [4.78, 5) is 1.47. The van der Waals surface area contributed by atoms with Gasteiger partial charge in [0.15, 0.2) is 0 Å². The van der Waals surface area contributed by atoms with E-state index in [1.165, 1.54) is 10.5 Å². The fraction of sp³-hybridized carbons (Fsp3) is 0.500. The Morgan fingerprint density at radius 2 is 1.59 bits per heavy atom. The van der Waals surface area contributed by atoms with Crippen LogP contribution in [0.2, 0.25) is 19.6 Å². The molecule has 0 atom stereocenters. The van der Waals surface area contributed by atoms with Crippen LogP contribution in [0.3, 0.4) is 0 Å². The first-order valence-electron chi connectivity index (χ1n) is 6.02. The third kappa shape index (κ3) is 5.16. The van der Waals surface area contributed by atoms with Gasteiger partial charge in [0.1, 0.15) is 0 Å². The first-order valence-corrected chi connectivity index (χ1v) is 10.3. The van der Waals surface area contributed by atoms with Crippen LogP contribution in [0, 0.1) is 0 Å². The zero-order valence-electron chi connectivity index (χ0n) is 11.7. The number of hydrogen-bond donors (Lipinski definition) is 0. The maximum absolute atomic E-state index is 5.94. The van der Waals surface area contributed by atoms with Gasteiger partial charge in [0, 0.05) is 0 Å². The van der Waals surface area contributed by atoms with Crippen molar-refractivity contribution in [3.05, 3.63) is 35.9 Å². The SMILES string of the molecule is CC(C)(C)OP=C(c1ccccc1)[Si](C)(C)C. The minimum Gasteiger partial charge on any atom is -0.321 e. The van der Waals surface area contributed by atoms with E-state index in [2.05, 4.69) is 70.7 Å². The number of hydrogen-bond acceptors (Lipinski definition) is 1. The third-order valence-electron chi connectivity index (χ3n) is 2.17. The van der Waals surface area contributed by atoms with Crippen molar-refractivity contribution in [1.29, 1.82) is 0 Å². The Balaban J connectivity index is 3.07. The molecule has 0 aliphatic carbocycles. The topological polar surface area (TPSA) is 9.23 Å². The summed E-state index contributed by atoms with van der Waals surface area (Å²) in [7, 11) is -0.323. The maximum atomic E-state index is 5.94. The Labute approximate surface area is 108 Å². The first-order chi connectivity index (χ1) is 7.70. The van der Waals surface area contributed by atoms with Gasteiger partial charge in [-0.3, -0.25) is 0 Å². The molecule has 0 aromatic heterocycles. The lowest BCUT2D eigenvalue weighted by molar-refractivity contribution is 0.161. The average molecular weight is 266 g/mol. The van der Waals surface area contributed by atoms with Crippen molar-refractivity contribution in [2.24, 2.45) is 0 Å². The molecule has 0 unspecified atom stereocenters. The molecule has 17 heavy (non-hydrogen) atoms. The first kappa shape index (κ1) is 14.6. The van der Waals surface area contributed by atoms with Crippen molar-refractivity contribution in [2.45, 2.75) is 46.0 Å². The molecule has 0 saturated carbocycles. The van der Waals surface area contributed by atoms with Crippen LogP contribution < -0.4 is 0 Å². The Bertz CT molecular complexity index is 385. The fourth-order valence-corrected chi connectivity index (χ4v) is 4.29. The summed E-state index contributed by atoms with van der Waals surface area (Å²) in [6, 6.07) is 10.6. The third-order valence-corrected chi connectivity index (χ3v) is 7.24. The van der Waals surface area contributed by atoms with Gasteiger partial charge >= 0.3 is 0 Å². The molecule has 0 N–H and O–H groups in total. The molecule has 1 nitrogen and oxygen atoms in total. The molecule has 0 fully saturated rings. The van der Waals surface area contributed by atoms with Crippen molar-refractivity contribution in [3.63, 3.8) is 0 Å². The molecule has 0 aliphatic heterocycles. The summed E-state index contributed by atoms with van der Waals surface area (Å²) in [5.41, 5.74) is 1.25. The van der Waals surface area contributed by atoms with Crippen molar-refractivity contribution < 1.29 is 4.52 Å². The van der Waals surface area contributed by atoms with Crippen molar-refractivity contribution in [3.8, 4) is 0 Å². The van der Waals surface area contributed by atoms with Crippen molar-refractivity contribution in [1.82, 2.24) is 0 Å². The van der Waals surface area contributed by atoms with Crippen LogP contribution in [0.5, 0.6) is 0 Å². The summed E-state index contributed by atoms with van der Waals surface area (Å²) < 4.78 is 5.94. The summed E-state index contributed by atoms with van der Waals surface area (Å²) in [5, 5.41) is 0. The molecule has 0 bridgehead atoms. The largest absolute Gasteiger partial charge is 0.321 e. The molecule has 1 aromatic rings. The second kappa shape index (κ2) is 5.47. The van der Waals surface area contributed by atoms with Crippen LogP contribution in [-0.4, -0.2) is 18.6 Å². The van der Waals surface area contributed by atoms with Gasteiger partial charge in [0.05, 0.1) is 22.1 Å². The van der Waals surface area contributed by atoms with Crippen LogP contribution >= 0.6 is 8.43 Å². The lowest BCUT2D eigenvalue weighted by Crippen LogP contribution is -2.33. The van der Waals surface area contributed by atoms with Gasteiger partial charge in [0.2, 0.25) is 0 Å². The molecule has 1 rings (SSSR count). The highest BCUT2D eigenvalue weighted by Gasteiger charge is 2.23. The second-order valence-corrected chi connectivity index (χ2v) is 12.5. The van der Waals surface area contributed by atoms with E-state index in [1.807, 2.05) is 0 Å².